The summed E-state index contributed by atoms with van der Waals surface area (Å²) >= 11 is 0. The number of aromatic nitrogens is 1. The Hall–Kier alpha value is -2.27. The molecule has 0 atom stereocenters. The summed E-state index contributed by atoms with van der Waals surface area (Å²) in [5, 5.41) is 12.6. The van der Waals surface area contributed by atoms with E-state index in [9.17, 15) is 4.79 Å². The molecule has 1 aliphatic rings. The van der Waals surface area contributed by atoms with Gasteiger partial charge in [-0.05, 0) is 18.1 Å². The molecule has 5 heteroatoms. The van der Waals surface area contributed by atoms with Gasteiger partial charge in [0.05, 0.1) is 6.61 Å². The van der Waals surface area contributed by atoms with E-state index in [4.69, 9.17) is 5.11 Å². The van der Waals surface area contributed by atoms with Gasteiger partial charge in [0, 0.05) is 42.3 Å². The van der Waals surface area contributed by atoms with E-state index in [1.165, 1.54) is 16.5 Å². The average molecular weight is 285 g/mol. The Morgan fingerprint density at radius 3 is 3.00 bits per heavy atom. The van der Waals surface area contributed by atoms with E-state index in [-0.39, 0.29) is 12.6 Å². The minimum absolute atomic E-state index is 0.0317. The summed E-state index contributed by atoms with van der Waals surface area (Å²) in [4.78, 5) is 16.9. The number of hydrogen-bond acceptors (Lipinski definition) is 2. The van der Waals surface area contributed by atoms with Crippen LogP contribution >= 0.6 is 0 Å². The zero-order valence-corrected chi connectivity index (χ0v) is 11.8. The standard InChI is InChI=1S/C16H19N3O2/c20-10-7-17-16(21)19-8-5-12(6-9-19)14-11-18-15-4-2-1-3-13(14)15/h1-5,11,18,20H,6-10H2,(H,17,21). The first-order valence-electron chi connectivity index (χ1n) is 7.19. The summed E-state index contributed by atoms with van der Waals surface area (Å²) < 4.78 is 0. The molecule has 0 saturated carbocycles. The number of urea groups is 1. The van der Waals surface area contributed by atoms with Crippen LogP contribution in [0.5, 0.6) is 0 Å². The van der Waals surface area contributed by atoms with Crippen LogP contribution in [0.4, 0.5) is 4.79 Å². The molecule has 1 aromatic carbocycles. The van der Waals surface area contributed by atoms with Gasteiger partial charge in [-0.3, -0.25) is 0 Å². The third-order valence-electron chi connectivity index (χ3n) is 3.82. The summed E-state index contributed by atoms with van der Waals surface area (Å²) in [6, 6.07) is 8.13. The second kappa shape index (κ2) is 6.01. The van der Waals surface area contributed by atoms with Gasteiger partial charge in [0.15, 0.2) is 0 Å². The van der Waals surface area contributed by atoms with Crippen LogP contribution in [0.1, 0.15) is 12.0 Å². The number of amides is 2. The molecule has 3 rings (SSSR count). The van der Waals surface area contributed by atoms with Gasteiger partial charge >= 0.3 is 6.03 Å². The number of para-hydroxylation sites is 1. The molecule has 1 aromatic heterocycles. The fourth-order valence-corrected chi connectivity index (χ4v) is 2.71. The monoisotopic (exact) mass is 285 g/mol. The second-order valence-electron chi connectivity index (χ2n) is 5.13. The van der Waals surface area contributed by atoms with Crippen molar-refractivity contribution in [1.82, 2.24) is 15.2 Å². The number of nitrogens with one attached hydrogen (secondary N) is 2. The molecule has 21 heavy (non-hydrogen) atoms. The lowest BCUT2D eigenvalue weighted by Gasteiger charge is -2.26. The van der Waals surface area contributed by atoms with Gasteiger partial charge in [0.25, 0.3) is 0 Å². The van der Waals surface area contributed by atoms with E-state index in [1.54, 1.807) is 4.90 Å². The van der Waals surface area contributed by atoms with Crippen LogP contribution in [0, 0.1) is 0 Å². The normalized spacial score (nSPS) is 15.1. The van der Waals surface area contributed by atoms with Crippen molar-refractivity contribution in [3.63, 3.8) is 0 Å². The number of fused-ring (bicyclic) bond motifs is 1. The Labute approximate surface area is 123 Å². The molecular formula is C16H19N3O2. The van der Waals surface area contributed by atoms with Gasteiger partial charge in [-0.2, -0.15) is 0 Å². The summed E-state index contributed by atoms with van der Waals surface area (Å²) in [5.41, 5.74) is 3.64. The molecule has 3 N–H and O–H groups in total. The predicted molar refractivity (Wildman–Crippen MR) is 83.0 cm³/mol. The van der Waals surface area contributed by atoms with E-state index in [0.717, 1.165) is 11.9 Å². The number of aliphatic hydroxyl groups is 1. The molecule has 0 unspecified atom stereocenters. The van der Waals surface area contributed by atoms with Crippen molar-refractivity contribution < 1.29 is 9.90 Å². The van der Waals surface area contributed by atoms with E-state index in [0.29, 0.717) is 19.6 Å². The van der Waals surface area contributed by atoms with Gasteiger partial charge < -0.3 is 20.3 Å². The fourth-order valence-electron chi connectivity index (χ4n) is 2.71. The lowest BCUT2D eigenvalue weighted by atomic mass is 9.99. The quantitative estimate of drug-likeness (QED) is 0.807. The largest absolute Gasteiger partial charge is 0.395 e. The van der Waals surface area contributed by atoms with E-state index in [1.807, 2.05) is 18.3 Å². The van der Waals surface area contributed by atoms with Crippen LogP contribution in [0.3, 0.4) is 0 Å². The second-order valence-corrected chi connectivity index (χ2v) is 5.13. The van der Waals surface area contributed by atoms with Crippen molar-refractivity contribution in [2.45, 2.75) is 6.42 Å². The third-order valence-corrected chi connectivity index (χ3v) is 3.82. The maximum atomic E-state index is 11.8. The van der Waals surface area contributed by atoms with Crippen molar-refractivity contribution in [3.05, 3.63) is 42.1 Å². The number of aromatic amines is 1. The van der Waals surface area contributed by atoms with Gasteiger partial charge in [0.1, 0.15) is 0 Å². The summed E-state index contributed by atoms with van der Waals surface area (Å²) in [6.45, 7) is 1.57. The van der Waals surface area contributed by atoms with Crippen LogP contribution in [-0.2, 0) is 0 Å². The number of carbonyl (C=O) groups is 1. The Bertz CT molecular complexity index is 675. The van der Waals surface area contributed by atoms with Gasteiger partial charge in [-0.1, -0.05) is 24.3 Å². The highest BCUT2D eigenvalue weighted by Gasteiger charge is 2.18. The Morgan fingerprint density at radius 1 is 1.38 bits per heavy atom. The highest BCUT2D eigenvalue weighted by molar-refractivity contribution is 5.93. The lowest BCUT2D eigenvalue weighted by Crippen LogP contribution is -2.43. The van der Waals surface area contributed by atoms with Crippen molar-refractivity contribution >= 4 is 22.5 Å². The topological polar surface area (TPSA) is 68.4 Å². The molecule has 0 saturated heterocycles. The van der Waals surface area contributed by atoms with Gasteiger partial charge in [-0.15, -0.1) is 0 Å². The maximum Gasteiger partial charge on any atom is 0.317 e. The molecule has 2 amide bonds. The van der Waals surface area contributed by atoms with E-state index in [2.05, 4.69) is 28.5 Å². The zero-order valence-electron chi connectivity index (χ0n) is 11.8. The molecule has 110 valence electrons. The molecule has 2 heterocycles. The van der Waals surface area contributed by atoms with Crippen molar-refractivity contribution in [2.75, 3.05) is 26.2 Å². The zero-order chi connectivity index (χ0) is 14.7. The average Bonchev–Trinajstić information content (AvgIpc) is 2.97. The minimum atomic E-state index is -0.113. The Kier molecular flexibility index (Phi) is 3.92. The lowest BCUT2D eigenvalue weighted by molar-refractivity contribution is 0.198. The number of carbonyl (C=O) groups excluding carboxylic acids is 1. The number of hydrogen-bond donors (Lipinski definition) is 3. The smallest absolute Gasteiger partial charge is 0.317 e. The molecule has 0 aliphatic carbocycles. The number of H-pyrrole nitrogens is 1. The minimum Gasteiger partial charge on any atom is -0.395 e. The van der Waals surface area contributed by atoms with Crippen LogP contribution in [0.2, 0.25) is 0 Å². The maximum absolute atomic E-state index is 11.8. The van der Waals surface area contributed by atoms with E-state index >= 15 is 0 Å². The fraction of sp³-hybridized carbons (Fsp3) is 0.312. The first kappa shape index (κ1) is 13.7. The Balaban J connectivity index is 1.74. The molecule has 2 aromatic rings. The molecule has 0 spiro atoms. The van der Waals surface area contributed by atoms with Crippen molar-refractivity contribution in [2.24, 2.45) is 0 Å². The summed E-state index contributed by atoms with van der Waals surface area (Å²) in [6.07, 6.45) is 4.99. The molecule has 5 nitrogen and oxygen atoms in total. The van der Waals surface area contributed by atoms with Crippen LogP contribution in [0.25, 0.3) is 16.5 Å². The Morgan fingerprint density at radius 2 is 2.24 bits per heavy atom. The molecular weight excluding hydrogens is 266 g/mol. The van der Waals surface area contributed by atoms with Gasteiger partial charge in [0.2, 0.25) is 0 Å². The number of aliphatic hydroxyl groups excluding tert-OH is 1. The number of rotatable bonds is 3. The third kappa shape index (κ3) is 2.78. The summed E-state index contributed by atoms with van der Waals surface area (Å²) in [5.74, 6) is 0. The molecule has 0 radical (unpaired) electrons. The van der Waals surface area contributed by atoms with Gasteiger partial charge in [-0.25, -0.2) is 4.79 Å². The van der Waals surface area contributed by atoms with Crippen molar-refractivity contribution in [1.29, 1.82) is 0 Å². The van der Waals surface area contributed by atoms with E-state index < -0.39 is 0 Å². The number of nitrogens with zero attached hydrogens (tertiary/aromatic N) is 1. The van der Waals surface area contributed by atoms with Crippen LogP contribution < -0.4 is 5.32 Å². The highest BCUT2D eigenvalue weighted by Crippen LogP contribution is 2.28. The summed E-state index contributed by atoms with van der Waals surface area (Å²) in [7, 11) is 0. The SMILES string of the molecule is O=C(NCCO)N1CC=C(c2c[nH]c3ccccc23)CC1. The molecule has 1 aliphatic heterocycles. The number of benzene rings is 1. The first-order chi connectivity index (χ1) is 10.3. The van der Waals surface area contributed by atoms with Crippen LogP contribution in [-0.4, -0.2) is 47.3 Å². The molecule has 0 bridgehead atoms. The van der Waals surface area contributed by atoms with Crippen LogP contribution in [0.15, 0.2) is 36.5 Å². The molecule has 0 fully saturated rings. The highest BCUT2D eigenvalue weighted by atomic mass is 16.3. The predicted octanol–water partition coefficient (Wildman–Crippen LogP) is 1.96. The van der Waals surface area contributed by atoms with Crippen molar-refractivity contribution in [3.8, 4) is 0 Å². The first-order valence-corrected chi connectivity index (χ1v) is 7.19.